The van der Waals surface area contributed by atoms with Gasteiger partial charge in [0.2, 0.25) is 0 Å². The molecule has 0 spiro atoms. The van der Waals surface area contributed by atoms with Crippen LogP contribution in [-0.4, -0.2) is 22.8 Å². The van der Waals surface area contributed by atoms with Crippen LogP contribution in [0.4, 0.5) is 0 Å². The summed E-state index contributed by atoms with van der Waals surface area (Å²) in [6, 6.07) is 0.138. The molecule has 1 fully saturated rings. The van der Waals surface area contributed by atoms with E-state index in [1.54, 1.807) is 0 Å². The fraction of sp³-hybridized carbons (Fsp3) is 0.727. The van der Waals surface area contributed by atoms with Gasteiger partial charge in [-0.3, -0.25) is 5.84 Å². The lowest BCUT2D eigenvalue weighted by Gasteiger charge is -2.29. The van der Waals surface area contributed by atoms with Gasteiger partial charge in [-0.25, -0.2) is 10.4 Å². The zero-order valence-corrected chi connectivity index (χ0v) is 9.72. The summed E-state index contributed by atoms with van der Waals surface area (Å²) in [5, 5.41) is 0. The monoisotopic (exact) mass is 224 g/mol. The van der Waals surface area contributed by atoms with E-state index >= 15 is 0 Å². The highest BCUT2D eigenvalue weighted by Gasteiger charge is 2.27. The molecular formula is C11H20N4O. The van der Waals surface area contributed by atoms with Crippen LogP contribution in [0, 0.1) is 5.92 Å². The normalized spacial score (nSPS) is 19.9. The SMILES string of the molecule is CCn1ccnc1C(NN)C1CCOCC1. The number of imidazole rings is 1. The summed E-state index contributed by atoms with van der Waals surface area (Å²) in [6.07, 6.45) is 5.93. The highest BCUT2D eigenvalue weighted by molar-refractivity contribution is 5.01. The Balaban J connectivity index is 2.14. The average molecular weight is 224 g/mol. The number of aryl methyl sites for hydroxylation is 1. The molecule has 1 atom stereocenters. The van der Waals surface area contributed by atoms with Gasteiger partial charge in [-0.05, 0) is 25.7 Å². The molecule has 2 rings (SSSR count). The summed E-state index contributed by atoms with van der Waals surface area (Å²) in [6.45, 7) is 4.70. The lowest BCUT2D eigenvalue weighted by molar-refractivity contribution is 0.0520. The summed E-state index contributed by atoms with van der Waals surface area (Å²) in [5.74, 6) is 7.23. The fourth-order valence-corrected chi connectivity index (χ4v) is 2.34. The molecule has 90 valence electrons. The predicted octanol–water partition coefficient (Wildman–Crippen LogP) is 0.834. The van der Waals surface area contributed by atoms with Crippen molar-refractivity contribution in [2.75, 3.05) is 13.2 Å². The smallest absolute Gasteiger partial charge is 0.127 e. The minimum absolute atomic E-state index is 0.138. The molecule has 3 N–H and O–H groups in total. The number of hydrogen-bond donors (Lipinski definition) is 2. The molecule has 2 heterocycles. The number of aromatic nitrogens is 2. The van der Waals surface area contributed by atoms with Crippen LogP contribution in [0.1, 0.15) is 31.6 Å². The van der Waals surface area contributed by atoms with E-state index in [1.807, 2.05) is 12.4 Å². The van der Waals surface area contributed by atoms with E-state index in [0.29, 0.717) is 5.92 Å². The number of hydrazine groups is 1. The first kappa shape index (κ1) is 11.6. The molecule has 1 saturated heterocycles. The number of hydrogen-bond acceptors (Lipinski definition) is 4. The van der Waals surface area contributed by atoms with E-state index in [-0.39, 0.29) is 6.04 Å². The molecule has 0 amide bonds. The van der Waals surface area contributed by atoms with Crippen LogP contribution in [0.3, 0.4) is 0 Å². The van der Waals surface area contributed by atoms with Crippen LogP contribution >= 0.6 is 0 Å². The Hall–Kier alpha value is -0.910. The van der Waals surface area contributed by atoms with E-state index < -0.39 is 0 Å². The average Bonchev–Trinajstić information content (AvgIpc) is 2.80. The van der Waals surface area contributed by atoms with Gasteiger partial charge in [0.1, 0.15) is 5.82 Å². The Morgan fingerprint density at radius 2 is 2.38 bits per heavy atom. The molecule has 1 aliphatic heterocycles. The molecule has 0 saturated carbocycles. The number of nitrogens with two attached hydrogens (primary N) is 1. The summed E-state index contributed by atoms with van der Waals surface area (Å²) in [4.78, 5) is 4.41. The second-order valence-electron chi connectivity index (χ2n) is 4.17. The highest BCUT2D eigenvalue weighted by atomic mass is 16.5. The maximum atomic E-state index is 5.67. The van der Waals surface area contributed by atoms with Crippen molar-refractivity contribution in [2.24, 2.45) is 11.8 Å². The van der Waals surface area contributed by atoms with Crippen molar-refractivity contribution in [3.8, 4) is 0 Å². The van der Waals surface area contributed by atoms with Crippen LogP contribution < -0.4 is 11.3 Å². The number of rotatable bonds is 4. The molecule has 5 heteroatoms. The molecule has 1 aromatic heterocycles. The third-order valence-electron chi connectivity index (χ3n) is 3.28. The van der Waals surface area contributed by atoms with Gasteiger partial charge in [0, 0.05) is 32.2 Å². The molecule has 0 aliphatic carbocycles. The van der Waals surface area contributed by atoms with Crippen LogP contribution in [0.5, 0.6) is 0 Å². The first-order valence-electron chi connectivity index (χ1n) is 5.91. The summed E-state index contributed by atoms with van der Waals surface area (Å²) < 4.78 is 7.51. The molecule has 5 nitrogen and oxygen atoms in total. The van der Waals surface area contributed by atoms with Gasteiger partial charge in [-0.1, -0.05) is 0 Å². The van der Waals surface area contributed by atoms with Gasteiger partial charge in [0.05, 0.1) is 6.04 Å². The van der Waals surface area contributed by atoms with E-state index in [4.69, 9.17) is 10.6 Å². The minimum Gasteiger partial charge on any atom is -0.381 e. The zero-order valence-electron chi connectivity index (χ0n) is 9.72. The Morgan fingerprint density at radius 3 is 3.00 bits per heavy atom. The zero-order chi connectivity index (χ0) is 11.4. The Labute approximate surface area is 96.0 Å². The summed E-state index contributed by atoms with van der Waals surface area (Å²) in [5.41, 5.74) is 2.91. The molecule has 1 aromatic rings. The third-order valence-corrected chi connectivity index (χ3v) is 3.28. The standard InChI is InChI=1S/C11H20N4O/c1-2-15-6-5-13-11(15)10(14-12)9-3-7-16-8-4-9/h5-6,9-10,14H,2-4,7-8,12H2,1H3. The number of ether oxygens (including phenoxy) is 1. The molecule has 16 heavy (non-hydrogen) atoms. The van der Waals surface area contributed by atoms with E-state index in [1.165, 1.54) is 0 Å². The van der Waals surface area contributed by atoms with Crippen molar-refractivity contribution in [1.82, 2.24) is 15.0 Å². The first-order chi connectivity index (χ1) is 7.86. The predicted molar refractivity (Wildman–Crippen MR) is 61.5 cm³/mol. The van der Waals surface area contributed by atoms with Crippen LogP contribution in [0.25, 0.3) is 0 Å². The molecule has 0 bridgehead atoms. The van der Waals surface area contributed by atoms with E-state index in [9.17, 15) is 0 Å². The maximum absolute atomic E-state index is 5.67. The van der Waals surface area contributed by atoms with E-state index in [0.717, 1.165) is 38.4 Å². The second-order valence-corrected chi connectivity index (χ2v) is 4.17. The number of nitrogens with zero attached hydrogens (tertiary/aromatic N) is 2. The van der Waals surface area contributed by atoms with Gasteiger partial charge in [0.25, 0.3) is 0 Å². The first-order valence-corrected chi connectivity index (χ1v) is 5.91. The van der Waals surface area contributed by atoms with Gasteiger partial charge in [-0.2, -0.15) is 0 Å². The van der Waals surface area contributed by atoms with E-state index in [2.05, 4.69) is 21.9 Å². The third kappa shape index (κ3) is 2.26. The second kappa shape index (κ2) is 5.43. The molecule has 0 aromatic carbocycles. The van der Waals surface area contributed by atoms with Crippen molar-refractivity contribution < 1.29 is 4.74 Å². The number of nitrogens with one attached hydrogen (secondary N) is 1. The maximum Gasteiger partial charge on any atom is 0.127 e. The molecule has 1 unspecified atom stereocenters. The Kier molecular flexibility index (Phi) is 3.93. The lowest BCUT2D eigenvalue weighted by Crippen LogP contribution is -2.37. The highest BCUT2D eigenvalue weighted by Crippen LogP contribution is 2.28. The van der Waals surface area contributed by atoms with Gasteiger partial charge in [0.15, 0.2) is 0 Å². The van der Waals surface area contributed by atoms with Crippen molar-refractivity contribution >= 4 is 0 Å². The summed E-state index contributed by atoms with van der Waals surface area (Å²) in [7, 11) is 0. The minimum atomic E-state index is 0.138. The van der Waals surface area contributed by atoms with Gasteiger partial charge < -0.3 is 9.30 Å². The van der Waals surface area contributed by atoms with Gasteiger partial charge in [-0.15, -0.1) is 0 Å². The fourth-order valence-electron chi connectivity index (χ4n) is 2.34. The Morgan fingerprint density at radius 1 is 1.62 bits per heavy atom. The van der Waals surface area contributed by atoms with Crippen molar-refractivity contribution in [3.05, 3.63) is 18.2 Å². The molecular weight excluding hydrogens is 204 g/mol. The Bertz CT molecular complexity index is 320. The molecule has 1 aliphatic rings. The molecule has 0 radical (unpaired) electrons. The van der Waals surface area contributed by atoms with Crippen LogP contribution in [-0.2, 0) is 11.3 Å². The lowest BCUT2D eigenvalue weighted by atomic mass is 9.91. The van der Waals surface area contributed by atoms with Crippen LogP contribution in [0.15, 0.2) is 12.4 Å². The summed E-state index contributed by atoms with van der Waals surface area (Å²) >= 11 is 0. The van der Waals surface area contributed by atoms with Crippen LogP contribution in [0.2, 0.25) is 0 Å². The topological polar surface area (TPSA) is 65.1 Å². The quantitative estimate of drug-likeness (QED) is 0.587. The van der Waals surface area contributed by atoms with Gasteiger partial charge >= 0.3 is 0 Å². The largest absolute Gasteiger partial charge is 0.381 e. The van der Waals surface area contributed by atoms with Crippen molar-refractivity contribution in [3.63, 3.8) is 0 Å². The van der Waals surface area contributed by atoms with Crippen molar-refractivity contribution in [1.29, 1.82) is 0 Å². The van der Waals surface area contributed by atoms with Crippen molar-refractivity contribution in [2.45, 2.75) is 32.4 Å².